The quantitative estimate of drug-likeness (QED) is 0.688. The molecule has 0 radical (unpaired) electrons. The van der Waals surface area contributed by atoms with Gasteiger partial charge in [0.25, 0.3) is 0 Å². The van der Waals surface area contributed by atoms with Crippen molar-refractivity contribution in [2.24, 2.45) is 22.7 Å². The van der Waals surface area contributed by atoms with Gasteiger partial charge in [-0.25, -0.2) is 0 Å². The van der Waals surface area contributed by atoms with Gasteiger partial charge in [-0.2, -0.15) is 0 Å². The molecule has 0 aromatic carbocycles. The molecule has 0 aromatic heterocycles. The van der Waals surface area contributed by atoms with Crippen LogP contribution in [0, 0.1) is 22.7 Å². The van der Waals surface area contributed by atoms with Crippen LogP contribution in [0.5, 0.6) is 0 Å². The molecule has 0 amide bonds. The van der Waals surface area contributed by atoms with Crippen molar-refractivity contribution in [1.29, 1.82) is 0 Å². The normalized spacial score (nSPS) is 41.5. The molecule has 2 fully saturated rings. The van der Waals surface area contributed by atoms with E-state index in [-0.39, 0.29) is 11.5 Å². The first-order valence-electron chi connectivity index (χ1n) is 6.37. The first kappa shape index (κ1) is 9.89. The maximum absolute atomic E-state index is 9.96. The van der Waals surface area contributed by atoms with Crippen molar-refractivity contribution in [2.45, 2.75) is 52.6 Å². The molecule has 1 nitrogen and oxygen atoms in total. The van der Waals surface area contributed by atoms with Crippen LogP contribution >= 0.6 is 0 Å². The van der Waals surface area contributed by atoms with Gasteiger partial charge < -0.3 is 5.11 Å². The van der Waals surface area contributed by atoms with Crippen molar-refractivity contribution in [1.82, 2.24) is 0 Å². The molecule has 4 aliphatic carbocycles. The fraction of sp³-hybridized carbons (Fsp3) is 0.857. The van der Waals surface area contributed by atoms with Crippen LogP contribution in [0.2, 0.25) is 0 Å². The van der Waals surface area contributed by atoms with E-state index in [4.69, 9.17) is 0 Å². The van der Waals surface area contributed by atoms with Gasteiger partial charge >= 0.3 is 0 Å². The van der Waals surface area contributed by atoms with Crippen molar-refractivity contribution in [2.75, 3.05) is 0 Å². The van der Waals surface area contributed by atoms with Crippen LogP contribution in [0.4, 0.5) is 0 Å². The second-order valence-corrected chi connectivity index (χ2v) is 6.53. The Morgan fingerprint density at radius 3 is 2.47 bits per heavy atom. The predicted molar refractivity (Wildman–Crippen MR) is 61.4 cm³/mol. The molecule has 0 saturated heterocycles. The zero-order valence-electron chi connectivity index (χ0n) is 10.1. The monoisotopic (exact) mass is 206 g/mol. The molecule has 3 atom stereocenters. The van der Waals surface area contributed by atoms with E-state index in [2.05, 4.69) is 19.9 Å². The van der Waals surface area contributed by atoms with E-state index >= 15 is 0 Å². The van der Waals surface area contributed by atoms with Crippen LogP contribution in [0.1, 0.15) is 46.5 Å². The van der Waals surface area contributed by atoms with E-state index in [9.17, 15) is 5.11 Å². The largest absolute Gasteiger partial charge is 0.393 e. The summed E-state index contributed by atoms with van der Waals surface area (Å²) in [6.07, 6.45) is 7.39. The standard InChI is InChI=1S/C14H22O/c1-9(15)14(6-7-14)11-5-4-10-8-12(11)13(10,2)3/h5,9-10,12,15H,4,6-8H2,1-3H3. The van der Waals surface area contributed by atoms with Crippen molar-refractivity contribution in [3.63, 3.8) is 0 Å². The van der Waals surface area contributed by atoms with Gasteiger partial charge in [0.2, 0.25) is 0 Å². The third-order valence-electron chi connectivity index (χ3n) is 5.63. The highest BCUT2D eigenvalue weighted by Crippen LogP contribution is 2.68. The van der Waals surface area contributed by atoms with E-state index in [1.165, 1.54) is 25.7 Å². The molecule has 84 valence electrons. The van der Waals surface area contributed by atoms with E-state index in [0.717, 1.165) is 11.8 Å². The molecular weight excluding hydrogens is 184 g/mol. The highest BCUT2D eigenvalue weighted by molar-refractivity contribution is 5.34. The number of aliphatic hydroxyl groups excluding tert-OH is 1. The molecule has 1 N–H and O–H groups in total. The predicted octanol–water partition coefficient (Wildman–Crippen LogP) is 3.14. The number of allylic oxidation sites excluding steroid dienone is 1. The Bertz CT molecular complexity index is 320. The molecule has 0 spiro atoms. The Labute approximate surface area is 92.6 Å². The molecule has 15 heavy (non-hydrogen) atoms. The number of hydrogen-bond acceptors (Lipinski definition) is 1. The Morgan fingerprint density at radius 1 is 1.40 bits per heavy atom. The minimum atomic E-state index is -0.142. The van der Waals surface area contributed by atoms with Crippen molar-refractivity contribution >= 4 is 0 Å². The smallest absolute Gasteiger partial charge is 0.0605 e. The Balaban J connectivity index is 1.92. The average molecular weight is 206 g/mol. The van der Waals surface area contributed by atoms with Gasteiger partial charge in [0.15, 0.2) is 0 Å². The van der Waals surface area contributed by atoms with E-state index in [0.29, 0.717) is 5.41 Å². The van der Waals surface area contributed by atoms with E-state index in [1.54, 1.807) is 5.57 Å². The summed E-state index contributed by atoms with van der Waals surface area (Å²) in [5.74, 6) is 1.68. The maximum Gasteiger partial charge on any atom is 0.0605 e. The molecule has 2 bridgehead atoms. The summed E-state index contributed by atoms with van der Waals surface area (Å²) >= 11 is 0. The van der Waals surface area contributed by atoms with Gasteiger partial charge in [-0.3, -0.25) is 0 Å². The Morgan fingerprint density at radius 2 is 2.07 bits per heavy atom. The lowest BCUT2D eigenvalue weighted by Crippen LogP contribution is -2.50. The summed E-state index contributed by atoms with van der Waals surface area (Å²) in [5, 5.41) is 9.96. The fourth-order valence-electron chi connectivity index (χ4n) is 3.99. The summed E-state index contributed by atoms with van der Waals surface area (Å²) < 4.78 is 0. The molecule has 0 heterocycles. The van der Waals surface area contributed by atoms with E-state index in [1.807, 2.05) is 6.92 Å². The van der Waals surface area contributed by atoms with Gasteiger partial charge in [0.05, 0.1) is 6.10 Å². The van der Waals surface area contributed by atoms with Crippen LogP contribution in [-0.4, -0.2) is 11.2 Å². The lowest BCUT2D eigenvalue weighted by molar-refractivity contribution is -0.0237. The van der Waals surface area contributed by atoms with Crippen LogP contribution in [-0.2, 0) is 0 Å². The maximum atomic E-state index is 9.96. The lowest BCUT2D eigenvalue weighted by atomic mass is 9.47. The number of rotatable bonds is 2. The van der Waals surface area contributed by atoms with Crippen molar-refractivity contribution in [3.8, 4) is 0 Å². The van der Waals surface area contributed by atoms with Gasteiger partial charge in [0, 0.05) is 5.41 Å². The molecule has 1 heteroatoms. The van der Waals surface area contributed by atoms with Crippen LogP contribution in [0.25, 0.3) is 0 Å². The Kier molecular flexibility index (Phi) is 1.77. The third kappa shape index (κ3) is 1.08. The van der Waals surface area contributed by atoms with Gasteiger partial charge in [0.1, 0.15) is 0 Å². The highest BCUT2D eigenvalue weighted by Gasteiger charge is 2.60. The van der Waals surface area contributed by atoms with Crippen LogP contribution in [0.3, 0.4) is 0 Å². The Hall–Kier alpha value is -0.300. The molecular formula is C14H22O. The second kappa shape index (κ2) is 2.68. The first-order chi connectivity index (χ1) is 6.98. The molecule has 4 aliphatic rings. The van der Waals surface area contributed by atoms with Crippen molar-refractivity contribution in [3.05, 3.63) is 11.6 Å². The van der Waals surface area contributed by atoms with Gasteiger partial charge in [-0.1, -0.05) is 25.5 Å². The topological polar surface area (TPSA) is 20.2 Å². The molecule has 4 rings (SSSR count). The van der Waals surface area contributed by atoms with Crippen LogP contribution in [0.15, 0.2) is 11.6 Å². The average Bonchev–Trinajstić information content (AvgIpc) is 2.98. The summed E-state index contributed by atoms with van der Waals surface area (Å²) in [5.41, 5.74) is 2.33. The third-order valence-corrected chi connectivity index (χ3v) is 5.63. The second-order valence-electron chi connectivity index (χ2n) is 6.53. The van der Waals surface area contributed by atoms with Gasteiger partial charge in [-0.05, 0) is 49.9 Å². The summed E-state index contributed by atoms with van der Waals surface area (Å²) in [6, 6.07) is 0. The fourth-order valence-corrected chi connectivity index (χ4v) is 3.99. The number of hydrogen-bond donors (Lipinski definition) is 1. The SMILES string of the molecule is CC(O)C1(C2=CCC3CC2C3(C)C)CC1. The minimum Gasteiger partial charge on any atom is -0.393 e. The molecule has 2 saturated carbocycles. The number of aliphatic hydroxyl groups is 1. The first-order valence-corrected chi connectivity index (χ1v) is 6.37. The summed E-state index contributed by atoms with van der Waals surface area (Å²) in [6.45, 7) is 6.81. The molecule has 3 unspecified atom stereocenters. The zero-order valence-corrected chi connectivity index (χ0v) is 10.1. The summed E-state index contributed by atoms with van der Waals surface area (Å²) in [7, 11) is 0. The van der Waals surface area contributed by atoms with Gasteiger partial charge in [-0.15, -0.1) is 0 Å². The van der Waals surface area contributed by atoms with E-state index < -0.39 is 0 Å². The highest BCUT2D eigenvalue weighted by atomic mass is 16.3. The minimum absolute atomic E-state index is 0.142. The molecule has 0 aliphatic heterocycles. The zero-order chi connectivity index (χ0) is 10.8. The lowest BCUT2D eigenvalue weighted by Gasteiger charge is -2.58. The number of fused-ring (bicyclic) bond motifs is 1. The summed E-state index contributed by atoms with van der Waals surface area (Å²) in [4.78, 5) is 0. The van der Waals surface area contributed by atoms with Crippen molar-refractivity contribution < 1.29 is 5.11 Å². The van der Waals surface area contributed by atoms with Crippen LogP contribution < -0.4 is 0 Å². The molecule has 0 aromatic rings.